The van der Waals surface area contributed by atoms with Gasteiger partial charge in [-0.1, -0.05) is 11.3 Å². The van der Waals surface area contributed by atoms with Crippen molar-refractivity contribution in [2.45, 2.75) is 6.92 Å². The summed E-state index contributed by atoms with van der Waals surface area (Å²) in [6.07, 6.45) is 0. The van der Waals surface area contributed by atoms with E-state index < -0.39 is 0 Å². The van der Waals surface area contributed by atoms with Gasteiger partial charge in [-0.05, 0) is 37.3 Å². The topological polar surface area (TPSA) is 70.8 Å². The number of nitrogens with zero attached hydrogens (tertiary/aromatic N) is 3. The number of aryl methyl sites for hydroxylation is 1. The summed E-state index contributed by atoms with van der Waals surface area (Å²) in [6, 6.07) is 11.4. The molecule has 6 heteroatoms. The zero-order valence-corrected chi connectivity index (χ0v) is 12.4. The number of hydrogen-bond donors (Lipinski definition) is 1. The molecule has 104 valence electrons. The van der Waals surface area contributed by atoms with E-state index in [1.807, 2.05) is 31.2 Å². The number of pyridine rings is 1. The van der Waals surface area contributed by atoms with E-state index in [0.29, 0.717) is 16.5 Å². The molecule has 0 unspecified atom stereocenters. The summed E-state index contributed by atoms with van der Waals surface area (Å²) in [5.74, 6) is 1.33. The number of thiazole rings is 1. The Bertz CT molecular complexity index is 850. The van der Waals surface area contributed by atoms with E-state index in [2.05, 4.69) is 21.4 Å². The fourth-order valence-corrected chi connectivity index (χ4v) is 2.82. The third-order valence-electron chi connectivity index (χ3n) is 2.98. The first-order chi connectivity index (χ1) is 10.2. The Kier molecular flexibility index (Phi) is 3.42. The number of ether oxygens (including phenoxy) is 1. The summed E-state index contributed by atoms with van der Waals surface area (Å²) in [4.78, 5) is 8.84. The zero-order valence-electron chi connectivity index (χ0n) is 11.5. The van der Waals surface area contributed by atoms with Gasteiger partial charge < -0.3 is 10.1 Å². The van der Waals surface area contributed by atoms with E-state index >= 15 is 0 Å². The maximum absolute atomic E-state index is 9.13. The van der Waals surface area contributed by atoms with Crippen molar-refractivity contribution >= 4 is 32.5 Å². The minimum atomic E-state index is 0.498. The molecular weight excluding hydrogens is 284 g/mol. The van der Waals surface area contributed by atoms with E-state index in [1.54, 1.807) is 13.2 Å². The average Bonchev–Trinajstić information content (AvgIpc) is 2.88. The van der Waals surface area contributed by atoms with Gasteiger partial charge in [-0.25, -0.2) is 9.97 Å². The van der Waals surface area contributed by atoms with Crippen molar-refractivity contribution in [2.24, 2.45) is 0 Å². The molecule has 1 aromatic carbocycles. The standard InChI is InChI=1S/C15H12N4OS/c1-9-3-4-10(8-16)14(17-9)19-15-18-12-6-5-11(20-2)7-13(12)21-15/h3-7H,1-2H3,(H,17,18,19). The van der Waals surface area contributed by atoms with E-state index in [1.165, 1.54) is 11.3 Å². The lowest BCUT2D eigenvalue weighted by molar-refractivity contribution is 0.415. The van der Waals surface area contributed by atoms with Gasteiger partial charge in [0.15, 0.2) is 5.13 Å². The summed E-state index contributed by atoms with van der Waals surface area (Å²) in [7, 11) is 1.64. The Hall–Kier alpha value is -2.65. The molecule has 3 aromatic rings. The summed E-state index contributed by atoms with van der Waals surface area (Å²) in [6.45, 7) is 1.88. The minimum absolute atomic E-state index is 0.498. The van der Waals surface area contributed by atoms with Crippen LogP contribution >= 0.6 is 11.3 Å². The average molecular weight is 296 g/mol. The molecule has 0 aliphatic carbocycles. The summed E-state index contributed by atoms with van der Waals surface area (Å²) in [5, 5.41) is 13.0. The van der Waals surface area contributed by atoms with Gasteiger partial charge in [0.05, 0.1) is 22.9 Å². The van der Waals surface area contributed by atoms with Gasteiger partial charge in [0.25, 0.3) is 0 Å². The highest BCUT2D eigenvalue weighted by Crippen LogP contribution is 2.31. The van der Waals surface area contributed by atoms with E-state index in [4.69, 9.17) is 10.00 Å². The van der Waals surface area contributed by atoms with Crippen LogP contribution in [0.25, 0.3) is 10.2 Å². The maximum atomic E-state index is 9.13. The smallest absolute Gasteiger partial charge is 0.189 e. The second-order valence-corrected chi connectivity index (χ2v) is 5.47. The Morgan fingerprint density at radius 1 is 1.24 bits per heavy atom. The Morgan fingerprint density at radius 2 is 2.10 bits per heavy atom. The van der Waals surface area contributed by atoms with Crippen LogP contribution in [0, 0.1) is 18.3 Å². The summed E-state index contributed by atoms with van der Waals surface area (Å²) >= 11 is 1.50. The third-order valence-corrected chi connectivity index (χ3v) is 3.91. The van der Waals surface area contributed by atoms with Crippen LogP contribution in [0.3, 0.4) is 0 Å². The highest BCUT2D eigenvalue weighted by molar-refractivity contribution is 7.22. The van der Waals surface area contributed by atoms with Gasteiger partial charge in [0.1, 0.15) is 17.6 Å². The number of methoxy groups -OCH3 is 1. The number of aromatic nitrogens is 2. The number of hydrogen-bond acceptors (Lipinski definition) is 6. The van der Waals surface area contributed by atoms with Crippen LogP contribution in [0.2, 0.25) is 0 Å². The predicted molar refractivity (Wildman–Crippen MR) is 83.1 cm³/mol. The Morgan fingerprint density at radius 3 is 2.86 bits per heavy atom. The van der Waals surface area contributed by atoms with Crippen molar-refractivity contribution in [1.29, 1.82) is 5.26 Å². The number of nitrogens with one attached hydrogen (secondary N) is 1. The largest absolute Gasteiger partial charge is 0.497 e. The molecule has 1 N–H and O–H groups in total. The molecule has 0 spiro atoms. The lowest BCUT2D eigenvalue weighted by Gasteiger charge is -2.04. The maximum Gasteiger partial charge on any atom is 0.189 e. The van der Waals surface area contributed by atoms with Crippen LogP contribution in [0.5, 0.6) is 5.75 Å². The van der Waals surface area contributed by atoms with Gasteiger partial charge in [-0.2, -0.15) is 5.26 Å². The van der Waals surface area contributed by atoms with Gasteiger partial charge in [0, 0.05) is 5.69 Å². The van der Waals surface area contributed by atoms with Crippen LogP contribution < -0.4 is 10.1 Å². The first-order valence-electron chi connectivity index (χ1n) is 6.29. The lowest BCUT2D eigenvalue weighted by atomic mass is 10.2. The first kappa shape index (κ1) is 13.3. The minimum Gasteiger partial charge on any atom is -0.497 e. The number of rotatable bonds is 3. The SMILES string of the molecule is COc1ccc2nc(Nc3nc(C)ccc3C#N)sc2c1. The van der Waals surface area contributed by atoms with Crippen molar-refractivity contribution in [3.8, 4) is 11.8 Å². The summed E-state index contributed by atoms with van der Waals surface area (Å²) < 4.78 is 6.22. The number of fused-ring (bicyclic) bond motifs is 1. The second kappa shape index (κ2) is 5.38. The van der Waals surface area contributed by atoms with Crippen LogP contribution in [-0.4, -0.2) is 17.1 Å². The number of nitriles is 1. The lowest BCUT2D eigenvalue weighted by Crippen LogP contribution is -1.97. The molecule has 0 atom stereocenters. The molecular formula is C15H12N4OS. The highest BCUT2D eigenvalue weighted by Gasteiger charge is 2.09. The highest BCUT2D eigenvalue weighted by atomic mass is 32.1. The molecule has 21 heavy (non-hydrogen) atoms. The van der Waals surface area contributed by atoms with E-state index in [-0.39, 0.29) is 0 Å². The molecule has 0 radical (unpaired) electrons. The molecule has 0 aliphatic rings. The van der Waals surface area contributed by atoms with Crippen molar-refractivity contribution in [1.82, 2.24) is 9.97 Å². The van der Waals surface area contributed by atoms with Crippen LogP contribution in [0.15, 0.2) is 30.3 Å². The van der Waals surface area contributed by atoms with Crippen molar-refractivity contribution < 1.29 is 4.74 Å². The molecule has 0 aliphatic heterocycles. The molecule has 0 amide bonds. The van der Waals surface area contributed by atoms with Gasteiger partial charge in [-0.3, -0.25) is 0 Å². The Balaban J connectivity index is 1.98. The fourth-order valence-electron chi connectivity index (χ4n) is 1.93. The molecule has 2 aromatic heterocycles. The molecule has 2 heterocycles. The molecule has 0 fully saturated rings. The van der Waals surface area contributed by atoms with Crippen molar-refractivity contribution in [2.75, 3.05) is 12.4 Å². The second-order valence-electron chi connectivity index (χ2n) is 4.44. The summed E-state index contributed by atoms with van der Waals surface area (Å²) in [5.41, 5.74) is 2.23. The number of benzene rings is 1. The van der Waals surface area contributed by atoms with Crippen LogP contribution in [-0.2, 0) is 0 Å². The van der Waals surface area contributed by atoms with Crippen LogP contribution in [0.4, 0.5) is 10.9 Å². The fraction of sp³-hybridized carbons (Fsp3) is 0.133. The molecule has 0 bridgehead atoms. The van der Waals surface area contributed by atoms with Gasteiger partial charge in [0.2, 0.25) is 0 Å². The molecule has 3 rings (SSSR count). The molecule has 0 saturated heterocycles. The van der Waals surface area contributed by atoms with Gasteiger partial charge in [-0.15, -0.1) is 0 Å². The zero-order chi connectivity index (χ0) is 14.8. The van der Waals surface area contributed by atoms with Crippen LogP contribution in [0.1, 0.15) is 11.3 Å². The van der Waals surface area contributed by atoms with Crippen molar-refractivity contribution in [3.05, 3.63) is 41.6 Å². The monoisotopic (exact) mass is 296 g/mol. The van der Waals surface area contributed by atoms with E-state index in [9.17, 15) is 0 Å². The predicted octanol–water partition coefficient (Wildman–Crippen LogP) is 3.62. The van der Waals surface area contributed by atoms with E-state index in [0.717, 1.165) is 21.7 Å². The number of anilines is 2. The quantitative estimate of drug-likeness (QED) is 0.799. The van der Waals surface area contributed by atoms with Gasteiger partial charge >= 0.3 is 0 Å². The first-order valence-corrected chi connectivity index (χ1v) is 7.10. The molecule has 5 nitrogen and oxygen atoms in total. The third kappa shape index (κ3) is 2.64. The Labute approximate surface area is 125 Å². The van der Waals surface area contributed by atoms with Crippen molar-refractivity contribution in [3.63, 3.8) is 0 Å². The molecule has 0 saturated carbocycles. The normalized spacial score (nSPS) is 10.3.